The fourth-order valence-corrected chi connectivity index (χ4v) is 2.43. The molecule has 0 aliphatic rings. The number of rotatable bonds is 6. The first kappa shape index (κ1) is 15.4. The minimum absolute atomic E-state index is 0.299. The molecule has 0 heterocycles. The molecule has 0 radical (unpaired) electrons. The molecule has 0 bridgehead atoms. The van der Waals surface area contributed by atoms with Crippen LogP contribution >= 0.6 is 23.2 Å². The van der Waals surface area contributed by atoms with Gasteiger partial charge in [-0.15, -0.1) is 0 Å². The van der Waals surface area contributed by atoms with Crippen molar-refractivity contribution in [1.29, 1.82) is 0 Å². The molecule has 3 heteroatoms. The summed E-state index contributed by atoms with van der Waals surface area (Å²) in [6.07, 6.45) is 2.06. The normalized spacial score (nSPS) is 12.3. The summed E-state index contributed by atoms with van der Waals surface area (Å²) >= 11 is 11.9. The molecule has 0 amide bonds. The molecule has 1 atom stereocenters. The highest BCUT2D eigenvalue weighted by molar-refractivity contribution is 6.30. The molecule has 0 aliphatic heterocycles. The van der Waals surface area contributed by atoms with Gasteiger partial charge in [-0.05, 0) is 54.8 Å². The van der Waals surface area contributed by atoms with Crippen molar-refractivity contribution in [2.75, 3.05) is 6.54 Å². The van der Waals surface area contributed by atoms with Crippen molar-refractivity contribution in [2.45, 2.75) is 25.8 Å². The number of hydrogen-bond donors (Lipinski definition) is 1. The van der Waals surface area contributed by atoms with Gasteiger partial charge in [-0.25, -0.2) is 0 Å². The summed E-state index contributed by atoms with van der Waals surface area (Å²) in [5, 5.41) is 5.14. The van der Waals surface area contributed by atoms with Crippen molar-refractivity contribution >= 4 is 23.2 Å². The van der Waals surface area contributed by atoms with E-state index in [1.54, 1.807) is 0 Å². The Bertz CT molecular complexity index is 520. The second kappa shape index (κ2) is 7.68. The highest BCUT2D eigenvalue weighted by Crippen LogP contribution is 2.21. The summed E-state index contributed by atoms with van der Waals surface area (Å²) < 4.78 is 0. The monoisotopic (exact) mass is 307 g/mol. The van der Waals surface area contributed by atoms with Crippen LogP contribution in [0, 0.1) is 0 Å². The molecule has 0 spiro atoms. The Morgan fingerprint density at radius 3 is 2.00 bits per heavy atom. The summed E-state index contributed by atoms with van der Waals surface area (Å²) in [7, 11) is 0. The van der Waals surface area contributed by atoms with Gasteiger partial charge in [-0.1, -0.05) is 54.4 Å². The lowest BCUT2D eigenvalue weighted by atomic mass is 9.99. The van der Waals surface area contributed by atoms with E-state index in [1.807, 2.05) is 24.3 Å². The van der Waals surface area contributed by atoms with Crippen LogP contribution in [0.15, 0.2) is 48.5 Å². The van der Waals surface area contributed by atoms with E-state index in [0.29, 0.717) is 6.04 Å². The van der Waals surface area contributed by atoms with Gasteiger partial charge in [0.25, 0.3) is 0 Å². The molecule has 20 heavy (non-hydrogen) atoms. The molecule has 1 unspecified atom stereocenters. The van der Waals surface area contributed by atoms with Crippen molar-refractivity contribution in [3.63, 3.8) is 0 Å². The number of benzene rings is 2. The van der Waals surface area contributed by atoms with Gasteiger partial charge in [0.05, 0.1) is 0 Å². The van der Waals surface area contributed by atoms with E-state index < -0.39 is 0 Å². The third-order valence-corrected chi connectivity index (χ3v) is 3.77. The molecule has 0 aromatic heterocycles. The lowest BCUT2D eigenvalue weighted by Gasteiger charge is -2.19. The highest BCUT2D eigenvalue weighted by atomic mass is 35.5. The van der Waals surface area contributed by atoms with E-state index in [4.69, 9.17) is 23.2 Å². The van der Waals surface area contributed by atoms with E-state index in [9.17, 15) is 0 Å². The Hall–Kier alpha value is -1.02. The van der Waals surface area contributed by atoms with E-state index >= 15 is 0 Å². The Morgan fingerprint density at radius 2 is 1.45 bits per heavy atom. The van der Waals surface area contributed by atoms with Crippen molar-refractivity contribution in [3.05, 3.63) is 69.7 Å². The van der Waals surface area contributed by atoms with Crippen LogP contribution in [0.1, 0.15) is 30.5 Å². The molecule has 2 rings (SSSR count). The summed E-state index contributed by atoms with van der Waals surface area (Å²) in [6, 6.07) is 16.4. The van der Waals surface area contributed by atoms with Gasteiger partial charge in [0.1, 0.15) is 0 Å². The van der Waals surface area contributed by atoms with E-state index in [0.717, 1.165) is 29.4 Å². The van der Waals surface area contributed by atoms with E-state index in [1.165, 1.54) is 11.1 Å². The molecule has 0 saturated carbocycles. The SMILES string of the molecule is CCCNC(Cc1ccc(Cl)cc1)c1ccc(Cl)cc1. The summed E-state index contributed by atoms with van der Waals surface area (Å²) in [5.41, 5.74) is 2.54. The minimum atomic E-state index is 0.299. The summed E-state index contributed by atoms with van der Waals surface area (Å²) in [6.45, 7) is 3.18. The third-order valence-electron chi connectivity index (χ3n) is 3.27. The minimum Gasteiger partial charge on any atom is -0.310 e. The summed E-state index contributed by atoms with van der Waals surface area (Å²) in [5.74, 6) is 0. The number of nitrogens with one attached hydrogen (secondary N) is 1. The van der Waals surface area contributed by atoms with Crippen LogP contribution in [0.2, 0.25) is 10.0 Å². The van der Waals surface area contributed by atoms with Crippen molar-refractivity contribution in [2.24, 2.45) is 0 Å². The van der Waals surface area contributed by atoms with Crippen LogP contribution in [0.3, 0.4) is 0 Å². The standard InChI is InChI=1S/C17H19Cl2N/c1-2-11-20-17(14-5-9-16(19)10-6-14)12-13-3-7-15(18)8-4-13/h3-10,17,20H,2,11-12H2,1H3. The third kappa shape index (κ3) is 4.52. The molecular formula is C17H19Cl2N. The smallest absolute Gasteiger partial charge is 0.0406 e. The Morgan fingerprint density at radius 1 is 0.900 bits per heavy atom. The number of hydrogen-bond acceptors (Lipinski definition) is 1. The molecule has 2 aromatic carbocycles. The average Bonchev–Trinajstić information content (AvgIpc) is 2.46. The maximum Gasteiger partial charge on any atom is 0.0406 e. The molecule has 0 fully saturated rings. The molecular weight excluding hydrogens is 289 g/mol. The molecule has 1 N–H and O–H groups in total. The van der Waals surface area contributed by atoms with Gasteiger partial charge in [-0.2, -0.15) is 0 Å². The van der Waals surface area contributed by atoms with E-state index in [2.05, 4.69) is 36.5 Å². The Balaban J connectivity index is 2.14. The predicted molar refractivity (Wildman–Crippen MR) is 87.6 cm³/mol. The zero-order valence-corrected chi connectivity index (χ0v) is 13.1. The maximum absolute atomic E-state index is 5.96. The molecule has 0 saturated heterocycles. The molecule has 106 valence electrons. The van der Waals surface area contributed by atoms with Crippen LogP contribution in [0.25, 0.3) is 0 Å². The Labute approximate surface area is 130 Å². The molecule has 1 nitrogen and oxygen atoms in total. The van der Waals surface area contributed by atoms with Crippen LogP contribution in [-0.4, -0.2) is 6.54 Å². The zero-order valence-electron chi connectivity index (χ0n) is 11.6. The average molecular weight is 308 g/mol. The van der Waals surface area contributed by atoms with Gasteiger partial charge in [-0.3, -0.25) is 0 Å². The molecule has 0 aliphatic carbocycles. The second-order valence-electron chi connectivity index (χ2n) is 4.89. The fourth-order valence-electron chi connectivity index (χ4n) is 2.18. The Kier molecular flexibility index (Phi) is 5.90. The first-order valence-corrected chi connectivity index (χ1v) is 7.68. The summed E-state index contributed by atoms with van der Waals surface area (Å²) in [4.78, 5) is 0. The van der Waals surface area contributed by atoms with Crippen LogP contribution < -0.4 is 5.32 Å². The first-order chi connectivity index (χ1) is 9.69. The van der Waals surface area contributed by atoms with Crippen LogP contribution in [0.4, 0.5) is 0 Å². The van der Waals surface area contributed by atoms with Crippen molar-refractivity contribution < 1.29 is 0 Å². The quantitative estimate of drug-likeness (QED) is 0.766. The fraction of sp³-hybridized carbons (Fsp3) is 0.294. The lowest BCUT2D eigenvalue weighted by Crippen LogP contribution is -2.24. The topological polar surface area (TPSA) is 12.0 Å². The maximum atomic E-state index is 5.96. The van der Waals surface area contributed by atoms with Gasteiger partial charge in [0.15, 0.2) is 0 Å². The van der Waals surface area contributed by atoms with Crippen LogP contribution in [-0.2, 0) is 6.42 Å². The molecule has 2 aromatic rings. The highest BCUT2D eigenvalue weighted by Gasteiger charge is 2.11. The second-order valence-corrected chi connectivity index (χ2v) is 5.76. The van der Waals surface area contributed by atoms with Gasteiger partial charge >= 0.3 is 0 Å². The van der Waals surface area contributed by atoms with Gasteiger partial charge in [0.2, 0.25) is 0 Å². The van der Waals surface area contributed by atoms with E-state index in [-0.39, 0.29) is 0 Å². The van der Waals surface area contributed by atoms with Crippen molar-refractivity contribution in [3.8, 4) is 0 Å². The van der Waals surface area contributed by atoms with Crippen LogP contribution in [0.5, 0.6) is 0 Å². The first-order valence-electron chi connectivity index (χ1n) is 6.92. The lowest BCUT2D eigenvalue weighted by molar-refractivity contribution is 0.529. The zero-order chi connectivity index (χ0) is 14.4. The van der Waals surface area contributed by atoms with Gasteiger partial charge < -0.3 is 5.32 Å². The predicted octanol–water partition coefficient (Wildman–Crippen LogP) is 5.28. The van der Waals surface area contributed by atoms with Gasteiger partial charge in [0, 0.05) is 16.1 Å². The largest absolute Gasteiger partial charge is 0.310 e. The number of halogens is 2. The van der Waals surface area contributed by atoms with Crippen molar-refractivity contribution in [1.82, 2.24) is 5.32 Å².